The van der Waals surface area contributed by atoms with Crippen molar-refractivity contribution in [2.24, 2.45) is 0 Å². The lowest BCUT2D eigenvalue weighted by atomic mass is 10.0. The summed E-state index contributed by atoms with van der Waals surface area (Å²) < 4.78 is 5.84. The Bertz CT molecular complexity index is 850. The number of ether oxygens (including phenoxy) is 1. The molecule has 0 radical (unpaired) electrons. The van der Waals surface area contributed by atoms with Crippen LogP contribution in [0.15, 0.2) is 54.7 Å². The molecule has 25 heavy (non-hydrogen) atoms. The first-order valence-corrected chi connectivity index (χ1v) is 9.65. The molecule has 1 atom stereocenters. The molecule has 1 aliphatic heterocycles. The Morgan fingerprint density at radius 3 is 2.96 bits per heavy atom. The van der Waals surface area contributed by atoms with Gasteiger partial charge in [0.15, 0.2) is 0 Å². The fourth-order valence-electron chi connectivity index (χ4n) is 3.09. The van der Waals surface area contributed by atoms with Gasteiger partial charge in [0.25, 0.3) is 0 Å². The van der Waals surface area contributed by atoms with Gasteiger partial charge in [-0.2, -0.15) is 0 Å². The minimum atomic E-state index is 0.275. The molecule has 128 valence electrons. The van der Waals surface area contributed by atoms with Crippen molar-refractivity contribution < 1.29 is 4.74 Å². The molecule has 3 aromatic rings. The largest absolute Gasteiger partial charge is 0.493 e. The van der Waals surface area contributed by atoms with Crippen LogP contribution in [0.4, 0.5) is 0 Å². The number of fused-ring (bicyclic) bond motifs is 1. The zero-order valence-corrected chi connectivity index (χ0v) is 15.3. The molecule has 0 saturated heterocycles. The lowest BCUT2D eigenvalue weighted by molar-refractivity contribution is 0.315. The van der Waals surface area contributed by atoms with E-state index >= 15 is 0 Å². The summed E-state index contributed by atoms with van der Waals surface area (Å²) in [6.45, 7) is 1.54. The third-order valence-corrected chi connectivity index (χ3v) is 5.62. The Hall–Kier alpha value is -1.88. The highest BCUT2D eigenvalue weighted by molar-refractivity contribution is 7.15. The van der Waals surface area contributed by atoms with Gasteiger partial charge in [-0.3, -0.25) is 0 Å². The SMILES string of the molecule is Clc1ccc2c(c1)OCCC[C@H]2NCc1cnc(-c2ccccc2)s1. The summed E-state index contributed by atoms with van der Waals surface area (Å²) in [5.41, 5.74) is 2.36. The third-order valence-electron chi connectivity index (χ3n) is 4.34. The van der Waals surface area contributed by atoms with Gasteiger partial charge in [0, 0.05) is 39.8 Å². The van der Waals surface area contributed by atoms with Gasteiger partial charge >= 0.3 is 0 Å². The van der Waals surface area contributed by atoms with Crippen LogP contribution < -0.4 is 10.1 Å². The normalized spacial score (nSPS) is 16.8. The standard InChI is InChI=1S/C20H19ClN2OS/c21-15-8-9-17-18(7-4-10-24-19(17)11-15)22-12-16-13-23-20(25-16)14-5-2-1-3-6-14/h1-3,5-6,8-9,11,13,18,22H,4,7,10,12H2/t18-/m1/s1. The van der Waals surface area contributed by atoms with Gasteiger partial charge in [0.1, 0.15) is 10.8 Å². The quantitative estimate of drug-likeness (QED) is 0.661. The predicted octanol–water partition coefficient (Wildman–Crippen LogP) is 5.47. The summed E-state index contributed by atoms with van der Waals surface area (Å²) in [4.78, 5) is 5.80. The number of hydrogen-bond acceptors (Lipinski definition) is 4. The number of aromatic nitrogens is 1. The molecule has 3 nitrogen and oxygen atoms in total. The molecular weight excluding hydrogens is 352 g/mol. The van der Waals surface area contributed by atoms with Crippen molar-refractivity contribution in [2.75, 3.05) is 6.61 Å². The summed E-state index contributed by atoms with van der Waals surface area (Å²) in [5.74, 6) is 0.900. The molecule has 0 saturated carbocycles. The van der Waals surface area contributed by atoms with E-state index in [0.717, 1.165) is 36.8 Å². The summed E-state index contributed by atoms with van der Waals surface area (Å²) in [5, 5.41) is 5.45. The van der Waals surface area contributed by atoms with E-state index in [-0.39, 0.29) is 6.04 Å². The average molecular weight is 371 g/mol. The van der Waals surface area contributed by atoms with E-state index in [1.165, 1.54) is 16.0 Å². The van der Waals surface area contributed by atoms with Crippen molar-refractivity contribution in [1.29, 1.82) is 0 Å². The molecule has 5 heteroatoms. The predicted molar refractivity (Wildman–Crippen MR) is 103 cm³/mol. The van der Waals surface area contributed by atoms with E-state index in [0.29, 0.717) is 5.02 Å². The van der Waals surface area contributed by atoms with Crippen molar-refractivity contribution in [3.05, 3.63) is 70.2 Å². The first kappa shape index (κ1) is 16.6. The van der Waals surface area contributed by atoms with Gasteiger partial charge < -0.3 is 10.1 Å². The van der Waals surface area contributed by atoms with Gasteiger partial charge in [0.05, 0.1) is 6.61 Å². The van der Waals surface area contributed by atoms with E-state index in [9.17, 15) is 0 Å². The van der Waals surface area contributed by atoms with Crippen molar-refractivity contribution in [3.8, 4) is 16.3 Å². The molecule has 2 aromatic carbocycles. The fraction of sp³-hybridized carbons (Fsp3) is 0.250. The first-order valence-electron chi connectivity index (χ1n) is 8.45. The molecule has 1 N–H and O–H groups in total. The molecule has 0 spiro atoms. The summed E-state index contributed by atoms with van der Waals surface area (Å²) in [6.07, 6.45) is 4.05. The van der Waals surface area contributed by atoms with Crippen molar-refractivity contribution in [3.63, 3.8) is 0 Å². The van der Waals surface area contributed by atoms with Crippen LogP contribution in [-0.2, 0) is 6.54 Å². The lowest BCUT2D eigenvalue weighted by Crippen LogP contribution is -2.20. The Morgan fingerprint density at radius 1 is 1.20 bits per heavy atom. The van der Waals surface area contributed by atoms with Crippen LogP contribution in [0.5, 0.6) is 5.75 Å². The molecule has 0 unspecified atom stereocenters. The molecule has 0 bridgehead atoms. The lowest BCUT2D eigenvalue weighted by Gasteiger charge is -2.18. The van der Waals surface area contributed by atoms with Gasteiger partial charge in [-0.05, 0) is 25.0 Å². The monoisotopic (exact) mass is 370 g/mol. The maximum Gasteiger partial charge on any atom is 0.125 e. The number of rotatable bonds is 4. The number of thiazole rings is 1. The van der Waals surface area contributed by atoms with Crippen LogP contribution in [0.2, 0.25) is 5.02 Å². The number of hydrogen-bond donors (Lipinski definition) is 1. The van der Waals surface area contributed by atoms with Crippen LogP contribution in [0.25, 0.3) is 10.6 Å². The smallest absolute Gasteiger partial charge is 0.125 e. The van der Waals surface area contributed by atoms with E-state index in [4.69, 9.17) is 16.3 Å². The van der Waals surface area contributed by atoms with E-state index in [1.54, 1.807) is 11.3 Å². The van der Waals surface area contributed by atoms with Crippen LogP contribution in [0, 0.1) is 0 Å². The molecule has 2 heterocycles. The first-order chi connectivity index (χ1) is 12.3. The second kappa shape index (κ2) is 7.56. The number of benzene rings is 2. The average Bonchev–Trinajstić information content (AvgIpc) is 3.02. The summed E-state index contributed by atoms with van der Waals surface area (Å²) >= 11 is 7.84. The second-order valence-corrected chi connectivity index (χ2v) is 7.66. The minimum Gasteiger partial charge on any atom is -0.493 e. The molecule has 0 amide bonds. The van der Waals surface area contributed by atoms with E-state index in [1.807, 2.05) is 36.5 Å². The van der Waals surface area contributed by atoms with E-state index in [2.05, 4.69) is 28.5 Å². The fourth-order valence-corrected chi connectivity index (χ4v) is 4.12. The highest BCUT2D eigenvalue weighted by Crippen LogP contribution is 2.34. The summed E-state index contributed by atoms with van der Waals surface area (Å²) in [7, 11) is 0. The van der Waals surface area contributed by atoms with Crippen LogP contribution in [-0.4, -0.2) is 11.6 Å². The number of nitrogens with zero attached hydrogens (tertiary/aromatic N) is 1. The second-order valence-electron chi connectivity index (χ2n) is 6.10. The molecule has 1 aliphatic rings. The van der Waals surface area contributed by atoms with Gasteiger partial charge in [-0.25, -0.2) is 4.98 Å². The van der Waals surface area contributed by atoms with E-state index < -0.39 is 0 Å². The Kier molecular flexibility index (Phi) is 5.02. The Balaban J connectivity index is 1.48. The molecule has 0 aliphatic carbocycles. The van der Waals surface area contributed by atoms with Gasteiger partial charge in [-0.1, -0.05) is 48.0 Å². The van der Waals surface area contributed by atoms with Crippen molar-refractivity contribution in [1.82, 2.24) is 10.3 Å². The van der Waals surface area contributed by atoms with Crippen LogP contribution in [0.1, 0.15) is 29.3 Å². The highest BCUT2D eigenvalue weighted by Gasteiger charge is 2.20. The Morgan fingerprint density at radius 2 is 2.08 bits per heavy atom. The number of halogens is 1. The maximum absolute atomic E-state index is 6.10. The zero-order valence-electron chi connectivity index (χ0n) is 13.7. The Labute approximate surface area is 156 Å². The third kappa shape index (κ3) is 3.87. The van der Waals surface area contributed by atoms with Gasteiger partial charge in [0.2, 0.25) is 0 Å². The summed E-state index contributed by atoms with van der Waals surface area (Å²) in [6, 6.07) is 16.5. The molecule has 0 fully saturated rings. The number of nitrogens with one attached hydrogen (secondary N) is 1. The maximum atomic E-state index is 6.10. The molecule has 1 aromatic heterocycles. The zero-order chi connectivity index (χ0) is 17.1. The molecule has 4 rings (SSSR count). The molecular formula is C20H19ClN2OS. The van der Waals surface area contributed by atoms with Crippen molar-refractivity contribution >= 4 is 22.9 Å². The van der Waals surface area contributed by atoms with Crippen LogP contribution >= 0.6 is 22.9 Å². The van der Waals surface area contributed by atoms with Gasteiger partial charge in [-0.15, -0.1) is 11.3 Å². The van der Waals surface area contributed by atoms with Crippen LogP contribution in [0.3, 0.4) is 0 Å². The topological polar surface area (TPSA) is 34.1 Å². The highest BCUT2D eigenvalue weighted by atomic mass is 35.5. The van der Waals surface area contributed by atoms with Crippen molar-refractivity contribution in [2.45, 2.75) is 25.4 Å². The minimum absolute atomic E-state index is 0.275.